The van der Waals surface area contributed by atoms with E-state index in [2.05, 4.69) is 15.9 Å². The predicted octanol–water partition coefficient (Wildman–Crippen LogP) is 3.07. The Bertz CT molecular complexity index is 449. The lowest BCUT2D eigenvalue weighted by Crippen LogP contribution is -2.19. The quantitative estimate of drug-likeness (QED) is 0.921. The summed E-state index contributed by atoms with van der Waals surface area (Å²) in [7, 11) is 3.18. The molecule has 0 radical (unpaired) electrons. The van der Waals surface area contributed by atoms with Crippen LogP contribution in [0.3, 0.4) is 0 Å². The Morgan fingerprint density at radius 2 is 1.95 bits per heavy atom. The zero-order valence-electron chi connectivity index (χ0n) is 11.4. The van der Waals surface area contributed by atoms with Crippen molar-refractivity contribution in [1.29, 1.82) is 0 Å². The lowest BCUT2D eigenvalue weighted by atomic mass is 10.0. The molecule has 5 heteroatoms. The fourth-order valence-electron chi connectivity index (χ4n) is 2.38. The zero-order chi connectivity index (χ0) is 14.0. The van der Waals surface area contributed by atoms with E-state index in [0.717, 1.165) is 17.3 Å². The summed E-state index contributed by atoms with van der Waals surface area (Å²) in [5.41, 5.74) is 0.696. The molecular formula is C14H19BrO4. The molecule has 0 spiro atoms. The van der Waals surface area contributed by atoms with Crippen LogP contribution in [0.25, 0.3) is 0 Å². The fraction of sp³-hybridized carbons (Fsp3) is 0.571. The Morgan fingerprint density at radius 1 is 1.26 bits per heavy atom. The molecule has 2 rings (SSSR count). The highest BCUT2D eigenvalue weighted by molar-refractivity contribution is 9.10. The second-order valence-corrected chi connectivity index (χ2v) is 5.59. The molecule has 3 unspecified atom stereocenters. The van der Waals surface area contributed by atoms with Gasteiger partial charge >= 0.3 is 0 Å². The van der Waals surface area contributed by atoms with Crippen molar-refractivity contribution in [3.63, 3.8) is 0 Å². The van der Waals surface area contributed by atoms with Gasteiger partial charge in [-0.2, -0.15) is 0 Å². The molecule has 1 aromatic rings. The van der Waals surface area contributed by atoms with Crippen LogP contribution in [-0.2, 0) is 4.74 Å². The van der Waals surface area contributed by atoms with E-state index in [0.29, 0.717) is 17.1 Å². The van der Waals surface area contributed by atoms with E-state index in [-0.39, 0.29) is 12.2 Å². The van der Waals surface area contributed by atoms with Crippen LogP contribution in [0.5, 0.6) is 11.5 Å². The van der Waals surface area contributed by atoms with Crippen LogP contribution in [0.2, 0.25) is 0 Å². The van der Waals surface area contributed by atoms with Crippen LogP contribution in [0.4, 0.5) is 0 Å². The van der Waals surface area contributed by atoms with Gasteiger partial charge in [0.1, 0.15) is 17.6 Å². The topological polar surface area (TPSA) is 47.9 Å². The molecule has 1 saturated heterocycles. The first-order chi connectivity index (χ1) is 9.06. The summed E-state index contributed by atoms with van der Waals surface area (Å²) in [5, 5.41) is 10.5. The molecule has 1 fully saturated rings. The molecule has 1 heterocycles. The Balaban J connectivity index is 2.31. The van der Waals surface area contributed by atoms with E-state index < -0.39 is 6.10 Å². The Hall–Kier alpha value is -0.780. The van der Waals surface area contributed by atoms with Crippen LogP contribution < -0.4 is 9.47 Å². The number of methoxy groups -OCH3 is 2. The summed E-state index contributed by atoms with van der Waals surface area (Å²) in [6, 6.07) is 3.59. The van der Waals surface area contributed by atoms with Crippen LogP contribution in [0, 0.1) is 0 Å². The molecule has 0 aromatic heterocycles. The first-order valence-electron chi connectivity index (χ1n) is 6.31. The monoisotopic (exact) mass is 330 g/mol. The maximum atomic E-state index is 10.5. The molecule has 1 aromatic carbocycles. The van der Waals surface area contributed by atoms with Gasteiger partial charge in [0, 0.05) is 5.56 Å². The maximum Gasteiger partial charge on any atom is 0.133 e. The minimum absolute atomic E-state index is 0.185. The normalized spacial score (nSPS) is 24.3. The average molecular weight is 331 g/mol. The predicted molar refractivity (Wildman–Crippen MR) is 75.8 cm³/mol. The first-order valence-corrected chi connectivity index (χ1v) is 7.11. The minimum atomic E-state index is -0.707. The highest BCUT2D eigenvalue weighted by Crippen LogP contribution is 2.39. The van der Waals surface area contributed by atoms with Crippen molar-refractivity contribution >= 4 is 15.9 Å². The summed E-state index contributed by atoms with van der Waals surface area (Å²) in [4.78, 5) is 0. The van der Waals surface area contributed by atoms with Crippen molar-refractivity contribution in [2.24, 2.45) is 0 Å². The molecule has 3 atom stereocenters. The van der Waals surface area contributed by atoms with Gasteiger partial charge in [0.05, 0.1) is 30.9 Å². The van der Waals surface area contributed by atoms with Gasteiger partial charge in [-0.25, -0.2) is 0 Å². The lowest BCUT2D eigenvalue weighted by Gasteiger charge is -2.22. The van der Waals surface area contributed by atoms with Crippen molar-refractivity contribution in [2.75, 3.05) is 14.2 Å². The van der Waals surface area contributed by atoms with Gasteiger partial charge in [0.15, 0.2) is 0 Å². The molecule has 106 valence electrons. The summed E-state index contributed by atoms with van der Waals surface area (Å²) < 4.78 is 17.1. The third kappa shape index (κ3) is 3.04. The number of hydrogen-bond acceptors (Lipinski definition) is 4. The standard InChI is InChI=1S/C14H19BrO4/c1-8-4-5-11(19-8)14(16)9-6-13(18-3)10(15)7-12(9)17-2/h6-8,11,14,16H,4-5H2,1-3H3. The smallest absolute Gasteiger partial charge is 0.133 e. The van der Waals surface area contributed by atoms with E-state index in [1.54, 1.807) is 26.4 Å². The van der Waals surface area contributed by atoms with Gasteiger partial charge < -0.3 is 19.3 Å². The molecule has 0 amide bonds. The highest BCUT2D eigenvalue weighted by atomic mass is 79.9. The molecule has 0 saturated carbocycles. The minimum Gasteiger partial charge on any atom is -0.496 e. The van der Waals surface area contributed by atoms with Crippen molar-refractivity contribution in [1.82, 2.24) is 0 Å². The molecule has 19 heavy (non-hydrogen) atoms. The van der Waals surface area contributed by atoms with Crippen LogP contribution in [0.1, 0.15) is 31.4 Å². The van der Waals surface area contributed by atoms with E-state index >= 15 is 0 Å². The van der Waals surface area contributed by atoms with Crippen molar-refractivity contribution in [2.45, 2.75) is 38.1 Å². The summed E-state index contributed by atoms with van der Waals surface area (Å²) >= 11 is 3.41. The fourth-order valence-corrected chi connectivity index (χ4v) is 2.87. The summed E-state index contributed by atoms with van der Waals surface area (Å²) in [6.45, 7) is 2.02. The SMILES string of the molecule is COc1cc(C(O)C2CCC(C)O2)c(OC)cc1Br. The van der Waals surface area contributed by atoms with Crippen LogP contribution in [0.15, 0.2) is 16.6 Å². The molecule has 0 bridgehead atoms. The van der Waals surface area contributed by atoms with Crippen LogP contribution in [-0.4, -0.2) is 31.5 Å². The Kier molecular flexibility index (Phi) is 4.71. The van der Waals surface area contributed by atoms with Gasteiger partial charge in [0.25, 0.3) is 0 Å². The van der Waals surface area contributed by atoms with E-state index in [4.69, 9.17) is 14.2 Å². The second kappa shape index (κ2) is 6.11. The number of rotatable bonds is 4. The number of ether oxygens (including phenoxy) is 3. The number of aliphatic hydroxyl groups excluding tert-OH is 1. The lowest BCUT2D eigenvalue weighted by molar-refractivity contribution is -0.0306. The van der Waals surface area contributed by atoms with Crippen LogP contribution >= 0.6 is 15.9 Å². The van der Waals surface area contributed by atoms with Gasteiger partial charge in [-0.3, -0.25) is 0 Å². The van der Waals surface area contributed by atoms with Crippen molar-refractivity contribution in [3.05, 3.63) is 22.2 Å². The molecule has 1 aliphatic heterocycles. The number of benzene rings is 1. The Labute approximate surface area is 121 Å². The van der Waals surface area contributed by atoms with E-state index in [1.165, 1.54) is 0 Å². The molecular weight excluding hydrogens is 312 g/mol. The maximum absolute atomic E-state index is 10.5. The van der Waals surface area contributed by atoms with Gasteiger partial charge in [-0.15, -0.1) is 0 Å². The molecule has 4 nitrogen and oxygen atoms in total. The number of aliphatic hydroxyl groups is 1. The number of hydrogen-bond donors (Lipinski definition) is 1. The van der Waals surface area contributed by atoms with Gasteiger partial charge in [0.2, 0.25) is 0 Å². The molecule has 0 aliphatic carbocycles. The molecule has 1 N–H and O–H groups in total. The second-order valence-electron chi connectivity index (χ2n) is 4.74. The van der Waals surface area contributed by atoms with E-state index in [1.807, 2.05) is 6.92 Å². The highest BCUT2D eigenvalue weighted by Gasteiger charge is 2.31. The third-order valence-corrected chi connectivity index (χ3v) is 4.06. The van der Waals surface area contributed by atoms with E-state index in [9.17, 15) is 5.11 Å². The largest absolute Gasteiger partial charge is 0.496 e. The summed E-state index contributed by atoms with van der Waals surface area (Å²) in [5.74, 6) is 1.30. The first kappa shape index (κ1) is 14.6. The van der Waals surface area contributed by atoms with Crippen molar-refractivity contribution < 1.29 is 19.3 Å². The van der Waals surface area contributed by atoms with Gasteiger partial charge in [-0.1, -0.05) is 0 Å². The zero-order valence-corrected chi connectivity index (χ0v) is 12.9. The molecule has 1 aliphatic rings. The van der Waals surface area contributed by atoms with Gasteiger partial charge in [-0.05, 0) is 47.8 Å². The average Bonchev–Trinajstić information content (AvgIpc) is 2.84. The Morgan fingerprint density at radius 3 is 2.47 bits per heavy atom. The third-order valence-electron chi connectivity index (χ3n) is 3.44. The van der Waals surface area contributed by atoms with Crippen molar-refractivity contribution in [3.8, 4) is 11.5 Å². The summed E-state index contributed by atoms with van der Waals surface area (Å²) in [6.07, 6.45) is 1.13. The number of halogens is 1.